The molecule has 0 radical (unpaired) electrons. The van der Waals surface area contributed by atoms with Crippen LogP contribution in [0.1, 0.15) is 12.8 Å². The number of likely N-dealkylation sites (N-methyl/N-ethyl adjacent to an activating group) is 1. The molecule has 0 atom stereocenters. The number of ether oxygens (including phenoxy) is 1. The van der Waals surface area contributed by atoms with Crippen LogP contribution in [0.4, 0.5) is 0 Å². The van der Waals surface area contributed by atoms with Gasteiger partial charge in [0.05, 0.1) is 6.54 Å². The van der Waals surface area contributed by atoms with E-state index in [-0.39, 0.29) is 5.91 Å². The molecule has 1 heterocycles. The topological polar surface area (TPSA) is 50.4 Å². The third-order valence-electron chi connectivity index (χ3n) is 2.34. The van der Waals surface area contributed by atoms with Gasteiger partial charge in [-0.2, -0.15) is 0 Å². The number of nitrogens with one attached hydrogen (secondary N) is 2. The van der Waals surface area contributed by atoms with E-state index in [1.54, 1.807) is 7.05 Å². The molecule has 1 amide bonds. The van der Waals surface area contributed by atoms with Crippen molar-refractivity contribution in [1.82, 2.24) is 10.6 Å². The van der Waals surface area contributed by atoms with Crippen LogP contribution in [0.15, 0.2) is 0 Å². The van der Waals surface area contributed by atoms with Crippen molar-refractivity contribution in [3.8, 4) is 0 Å². The summed E-state index contributed by atoms with van der Waals surface area (Å²) in [6.07, 6.45) is 2.22. The Balaban J connectivity index is 2.01. The first-order chi connectivity index (χ1) is 6.33. The van der Waals surface area contributed by atoms with E-state index in [9.17, 15) is 4.79 Å². The third-order valence-corrected chi connectivity index (χ3v) is 2.34. The number of carbonyl (C=O) groups is 1. The molecule has 0 spiro atoms. The molecule has 4 heteroatoms. The lowest BCUT2D eigenvalue weighted by Crippen LogP contribution is -2.35. The van der Waals surface area contributed by atoms with Gasteiger partial charge in [-0.3, -0.25) is 4.79 Å². The number of rotatable bonds is 4. The van der Waals surface area contributed by atoms with Gasteiger partial charge in [-0.05, 0) is 25.3 Å². The molecule has 1 rings (SSSR count). The summed E-state index contributed by atoms with van der Waals surface area (Å²) in [5.41, 5.74) is 0. The van der Waals surface area contributed by atoms with Crippen LogP contribution in [0.5, 0.6) is 0 Å². The van der Waals surface area contributed by atoms with Crippen molar-refractivity contribution >= 4 is 5.91 Å². The minimum absolute atomic E-state index is 0.0482. The predicted molar refractivity (Wildman–Crippen MR) is 50.5 cm³/mol. The summed E-state index contributed by atoms with van der Waals surface area (Å²) in [5, 5.41) is 5.71. The fourth-order valence-electron chi connectivity index (χ4n) is 1.43. The van der Waals surface area contributed by atoms with Crippen LogP contribution in [0.25, 0.3) is 0 Å². The minimum Gasteiger partial charge on any atom is -0.381 e. The zero-order valence-corrected chi connectivity index (χ0v) is 8.14. The average molecular weight is 186 g/mol. The Morgan fingerprint density at radius 2 is 2.15 bits per heavy atom. The number of hydrogen-bond acceptors (Lipinski definition) is 3. The van der Waals surface area contributed by atoms with E-state index < -0.39 is 0 Å². The fourth-order valence-corrected chi connectivity index (χ4v) is 1.43. The van der Waals surface area contributed by atoms with Crippen LogP contribution in [0, 0.1) is 5.92 Å². The SMILES string of the molecule is CNC(=O)CNCC1CCOCC1. The van der Waals surface area contributed by atoms with Gasteiger partial charge < -0.3 is 15.4 Å². The Morgan fingerprint density at radius 1 is 1.46 bits per heavy atom. The summed E-state index contributed by atoms with van der Waals surface area (Å²) in [4.78, 5) is 10.9. The molecule has 13 heavy (non-hydrogen) atoms. The molecule has 0 aromatic carbocycles. The quantitative estimate of drug-likeness (QED) is 0.636. The normalized spacial score (nSPS) is 18.5. The highest BCUT2D eigenvalue weighted by Gasteiger charge is 2.13. The van der Waals surface area contributed by atoms with E-state index in [4.69, 9.17) is 4.74 Å². The first-order valence-electron chi connectivity index (χ1n) is 4.82. The lowest BCUT2D eigenvalue weighted by molar-refractivity contribution is -0.119. The Labute approximate surface area is 79.0 Å². The monoisotopic (exact) mass is 186 g/mol. The molecule has 0 aliphatic carbocycles. The van der Waals surface area contributed by atoms with Gasteiger partial charge in [0, 0.05) is 20.3 Å². The molecule has 1 aliphatic heterocycles. The highest BCUT2D eigenvalue weighted by molar-refractivity contribution is 5.77. The van der Waals surface area contributed by atoms with Crippen molar-refractivity contribution in [2.24, 2.45) is 5.92 Å². The van der Waals surface area contributed by atoms with Crippen LogP contribution >= 0.6 is 0 Å². The molecule has 1 aliphatic rings. The van der Waals surface area contributed by atoms with Crippen molar-refractivity contribution in [3.63, 3.8) is 0 Å². The van der Waals surface area contributed by atoms with Crippen LogP contribution < -0.4 is 10.6 Å². The largest absolute Gasteiger partial charge is 0.381 e. The zero-order valence-electron chi connectivity index (χ0n) is 8.14. The standard InChI is InChI=1S/C9H18N2O2/c1-10-9(12)7-11-6-8-2-4-13-5-3-8/h8,11H,2-7H2,1H3,(H,10,12). The maximum Gasteiger partial charge on any atom is 0.233 e. The van der Waals surface area contributed by atoms with E-state index in [1.165, 1.54) is 0 Å². The summed E-state index contributed by atoms with van der Waals surface area (Å²) in [7, 11) is 1.65. The minimum atomic E-state index is 0.0482. The second kappa shape index (κ2) is 5.94. The van der Waals surface area contributed by atoms with Gasteiger partial charge in [-0.15, -0.1) is 0 Å². The van der Waals surface area contributed by atoms with E-state index in [0.29, 0.717) is 12.5 Å². The molecule has 2 N–H and O–H groups in total. The first-order valence-corrected chi connectivity index (χ1v) is 4.82. The van der Waals surface area contributed by atoms with E-state index in [0.717, 1.165) is 32.6 Å². The van der Waals surface area contributed by atoms with Gasteiger partial charge in [0.2, 0.25) is 5.91 Å². The molecule has 76 valence electrons. The van der Waals surface area contributed by atoms with Gasteiger partial charge in [0.15, 0.2) is 0 Å². The summed E-state index contributed by atoms with van der Waals surface area (Å²) in [6.45, 7) is 3.09. The maximum atomic E-state index is 10.9. The fraction of sp³-hybridized carbons (Fsp3) is 0.889. The number of hydrogen-bond donors (Lipinski definition) is 2. The smallest absolute Gasteiger partial charge is 0.233 e. The highest BCUT2D eigenvalue weighted by Crippen LogP contribution is 2.12. The summed E-state index contributed by atoms with van der Waals surface area (Å²) in [5.74, 6) is 0.727. The number of carbonyl (C=O) groups excluding carboxylic acids is 1. The van der Waals surface area contributed by atoms with Crippen molar-refractivity contribution < 1.29 is 9.53 Å². The second-order valence-corrected chi connectivity index (χ2v) is 3.36. The molecule has 1 saturated heterocycles. The lowest BCUT2D eigenvalue weighted by atomic mass is 10.0. The van der Waals surface area contributed by atoms with Crippen LogP contribution in [-0.2, 0) is 9.53 Å². The van der Waals surface area contributed by atoms with Crippen LogP contribution in [-0.4, -0.2) is 39.3 Å². The zero-order chi connectivity index (χ0) is 9.52. The predicted octanol–water partition coefficient (Wildman–Crippen LogP) is -0.251. The van der Waals surface area contributed by atoms with Crippen LogP contribution in [0.3, 0.4) is 0 Å². The molecular formula is C9H18N2O2. The molecule has 0 saturated carbocycles. The van der Waals surface area contributed by atoms with E-state index >= 15 is 0 Å². The third kappa shape index (κ3) is 4.24. The van der Waals surface area contributed by atoms with Gasteiger partial charge in [0.25, 0.3) is 0 Å². The summed E-state index contributed by atoms with van der Waals surface area (Å²) in [6, 6.07) is 0. The Kier molecular flexibility index (Phi) is 4.78. The van der Waals surface area contributed by atoms with Crippen LogP contribution in [0.2, 0.25) is 0 Å². The molecule has 1 fully saturated rings. The molecule has 0 bridgehead atoms. The molecule has 0 aromatic heterocycles. The molecule has 0 aromatic rings. The molecule has 0 unspecified atom stereocenters. The Hall–Kier alpha value is -0.610. The summed E-state index contributed by atoms with van der Waals surface area (Å²) < 4.78 is 5.24. The maximum absolute atomic E-state index is 10.9. The first kappa shape index (κ1) is 10.5. The summed E-state index contributed by atoms with van der Waals surface area (Å²) >= 11 is 0. The Morgan fingerprint density at radius 3 is 2.77 bits per heavy atom. The van der Waals surface area contributed by atoms with E-state index in [1.807, 2.05) is 0 Å². The number of amides is 1. The van der Waals surface area contributed by atoms with Gasteiger partial charge in [-0.1, -0.05) is 0 Å². The van der Waals surface area contributed by atoms with Gasteiger partial charge in [-0.25, -0.2) is 0 Å². The van der Waals surface area contributed by atoms with Gasteiger partial charge in [0.1, 0.15) is 0 Å². The van der Waals surface area contributed by atoms with Gasteiger partial charge >= 0.3 is 0 Å². The Bertz CT molecular complexity index is 156. The molecule has 4 nitrogen and oxygen atoms in total. The van der Waals surface area contributed by atoms with Crippen molar-refractivity contribution in [1.29, 1.82) is 0 Å². The van der Waals surface area contributed by atoms with Crippen molar-refractivity contribution in [2.45, 2.75) is 12.8 Å². The van der Waals surface area contributed by atoms with Crippen molar-refractivity contribution in [3.05, 3.63) is 0 Å². The highest BCUT2D eigenvalue weighted by atomic mass is 16.5. The van der Waals surface area contributed by atoms with E-state index in [2.05, 4.69) is 10.6 Å². The second-order valence-electron chi connectivity index (χ2n) is 3.36. The average Bonchev–Trinajstić information content (AvgIpc) is 2.19. The molecular weight excluding hydrogens is 168 g/mol. The van der Waals surface area contributed by atoms with Crippen molar-refractivity contribution in [2.75, 3.05) is 33.4 Å². The lowest BCUT2D eigenvalue weighted by Gasteiger charge is -2.21.